The molecule has 0 spiro atoms. The van der Waals surface area contributed by atoms with Gasteiger partial charge in [0.15, 0.2) is 0 Å². The lowest BCUT2D eigenvalue weighted by Crippen LogP contribution is -2.25. The van der Waals surface area contributed by atoms with Crippen LogP contribution in [0.25, 0.3) is 0 Å². The van der Waals surface area contributed by atoms with Crippen molar-refractivity contribution >= 4 is 0 Å². The Morgan fingerprint density at radius 2 is 1.77 bits per heavy atom. The van der Waals surface area contributed by atoms with Gasteiger partial charge in [0.1, 0.15) is 0 Å². The van der Waals surface area contributed by atoms with Crippen LogP contribution >= 0.6 is 0 Å². The average molecular weight is 326 g/mol. The summed E-state index contributed by atoms with van der Waals surface area (Å²) in [4.78, 5) is 1.68. The maximum Gasteiger partial charge on any atom is 0.409 e. The Balaban J connectivity index is 4.22. The summed E-state index contributed by atoms with van der Waals surface area (Å²) in [6, 6.07) is 0. The van der Waals surface area contributed by atoms with Crippen molar-refractivity contribution in [2.75, 3.05) is 27.2 Å². The van der Waals surface area contributed by atoms with Crippen LogP contribution in [0.4, 0.5) is 22.0 Å². The smallest absolute Gasteiger partial charge is 0.385 e. The van der Waals surface area contributed by atoms with Gasteiger partial charge in [0.2, 0.25) is 5.92 Å². The van der Waals surface area contributed by atoms with E-state index in [9.17, 15) is 22.0 Å². The molecule has 0 saturated heterocycles. The number of nitrogens with one attached hydrogen (secondary N) is 1. The van der Waals surface area contributed by atoms with Crippen LogP contribution in [0.2, 0.25) is 0 Å². The molecular weight excluding hydrogens is 303 g/mol. The van der Waals surface area contributed by atoms with E-state index in [1.54, 1.807) is 19.0 Å². The van der Waals surface area contributed by atoms with Crippen molar-refractivity contribution < 1.29 is 22.0 Å². The third-order valence-corrected chi connectivity index (χ3v) is 2.72. The molecule has 0 amide bonds. The minimum Gasteiger partial charge on any atom is -0.385 e. The molecular formula is C15H23F5N2. The molecule has 0 fully saturated rings. The van der Waals surface area contributed by atoms with E-state index in [1.807, 2.05) is 0 Å². The summed E-state index contributed by atoms with van der Waals surface area (Å²) in [5, 5.41) is 2.69. The Hall–Kier alpha value is -1.37. The van der Waals surface area contributed by atoms with E-state index >= 15 is 0 Å². The first kappa shape index (κ1) is 20.6. The fourth-order valence-electron chi connectivity index (χ4n) is 1.58. The van der Waals surface area contributed by atoms with Crippen molar-refractivity contribution in [3.05, 3.63) is 36.6 Å². The van der Waals surface area contributed by atoms with E-state index in [1.165, 1.54) is 12.2 Å². The topological polar surface area (TPSA) is 15.3 Å². The van der Waals surface area contributed by atoms with E-state index in [4.69, 9.17) is 0 Å². The van der Waals surface area contributed by atoms with Crippen LogP contribution in [0, 0.1) is 0 Å². The van der Waals surface area contributed by atoms with E-state index in [-0.39, 0.29) is 44.1 Å². The quantitative estimate of drug-likeness (QED) is 0.369. The number of halogens is 5. The maximum absolute atomic E-state index is 13.5. The Morgan fingerprint density at radius 3 is 2.27 bits per heavy atom. The fraction of sp³-hybridized carbons (Fsp3) is 0.600. The SMILES string of the molecule is C=C/C=C(\C=C\C(F)(F)F)NCCCC(F)(F)CCN(C)C. The first-order valence-electron chi connectivity index (χ1n) is 6.91. The number of alkyl halides is 5. The molecule has 0 aliphatic heterocycles. The predicted octanol–water partition coefficient (Wildman–Crippen LogP) is 4.13. The summed E-state index contributed by atoms with van der Waals surface area (Å²) in [7, 11) is 3.44. The molecule has 22 heavy (non-hydrogen) atoms. The number of rotatable bonds is 10. The zero-order valence-corrected chi connectivity index (χ0v) is 12.9. The minimum absolute atomic E-state index is 0.0843. The fourth-order valence-corrected chi connectivity index (χ4v) is 1.58. The molecule has 0 aliphatic carbocycles. The summed E-state index contributed by atoms with van der Waals surface area (Å²) in [6.07, 6.45) is -1.18. The molecule has 128 valence electrons. The van der Waals surface area contributed by atoms with Crippen LogP contribution in [-0.2, 0) is 0 Å². The standard InChI is InChI=1S/C15H23F5N2/c1-4-6-13(7-9-15(18,19)20)21-11-5-8-14(16,17)10-12-22(2)3/h4,6-7,9,21H,1,5,8,10-12H2,2-3H3/b9-7+,13-6+. The summed E-state index contributed by atoms with van der Waals surface area (Å²) < 4.78 is 63.3. The highest BCUT2D eigenvalue weighted by molar-refractivity contribution is 5.22. The highest BCUT2D eigenvalue weighted by Crippen LogP contribution is 2.24. The molecule has 2 nitrogen and oxygen atoms in total. The summed E-state index contributed by atoms with van der Waals surface area (Å²) >= 11 is 0. The van der Waals surface area contributed by atoms with Gasteiger partial charge in [-0.25, -0.2) is 8.78 Å². The van der Waals surface area contributed by atoms with Crippen LogP contribution in [0.15, 0.2) is 36.6 Å². The molecule has 0 aromatic rings. The predicted molar refractivity (Wildman–Crippen MR) is 78.8 cm³/mol. The van der Waals surface area contributed by atoms with Gasteiger partial charge in [-0.2, -0.15) is 13.2 Å². The van der Waals surface area contributed by atoms with Crippen molar-refractivity contribution in [3.8, 4) is 0 Å². The second kappa shape index (κ2) is 9.61. The van der Waals surface area contributed by atoms with Gasteiger partial charge in [-0.15, -0.1) is 0 Å². The lowest BCUT2D eigenvalue weighted by Gasteiger charge is -2.19. The highest BCUT2D eigenvalue weighted by atomic mass is 19.4. The van der Waals surface area contributed by atoms with Gasteiger partial charge in [0.25, 0.3) is 0 Å². The molecule has 7 heteroatoms. The molecule has 0 saturated carbocycles. The first-order chi connectivity index (χ1) is 10.1. The molecule has 0 aliphatic rings. The number of allylic oxidation sites excluding steroid dienone is 4. The van der Waals surface area contributed by atoms with Gasteiger partial charge in [0.05, 0.1) is 0 Å². The van der Waals surface area contributed by atoms with Crippen LogP contribution in [0.3, 0.4) is 0 Å². The Morgan fingerprint density at radius 1 is 1.14 bits per heavy atom. The third-order valence-electron chi connectivity index (χ3n) is 2.72. The second-order valence-electron chi connectivity index (χ2n) is 5.17. The summed E-state index contributed by atoms with van der Waals surface area (Å²) in [6.45, 7) is 3.85. The maximum atomic E-state index is 13.5. The summed E-state index contributed by atoms with van der Waals surface area (Å²) in [5.74, 6) is -2.77. The van der Waals surface area contributed by atoms with E-state index in [0.717, 1.165) is 6.08 Å². The molecule has 0 aromatic carbocycles. The van der Waals surface area contributed by atoms with Crippen molar-refractivity contribution in [1.82, 2.24) is 10.2 Å². The lowest BCUT2D eigenvalue weighted by molar-refractivity contribution is -0.0798. The molecule has 0 unspecified atom stereocenters. The Kier molecular flexibility index (Phi) is 9.01. The second-order valence-corrected chi connectivity index (χ2v) is 5.17. The monoisotopic (exact) mass is 326 g/mol. The van der Waals surface area contributed by atoms with Gasteiger partial charge in [-0.05, 0) is 32.7 Å². The van der Waals surface area contributed by atoms with Crippen LogP contribution in [0.5, 0.6) is 0 Å². The average Bonchev–Trinajstić information content (AvgIpc) is 2.37. The van der Waals surface area contributed by atoms with E-state index in [0.29, 0.717) is 0 Å². The molecule has 0 heterocycles. The lowest BCUT2D eigenvalue weighted by atomic mass is 10.1. The highest BCUT2D eigenvalue weighted by Gasteiger charge is 2.27. The summed E-state index contributed by atoms with van der Waals surface area (Å²) in [5.41, 5.74) is 0.184. The van der Waals surface area contributed by atoms with Gasteiger partial charge in [-0.3, -0.25) is 0 Å². The molecule has 1 N–H and O–H groups in total. The number of nitrogens with zero attached hydrogens (tertiary/aromatic N) is 1. The van der Waals surface area contributed by atoms with Crippen LogP contribution in [0.1, 0.15) is 19.3 Å². The molecule has 0 bridgehead atoms. The van der Waals surface area contributed by atoms with Crippen molar-refractivity contribution in [3.63, 3.8) is 0 Å². The Labute approximate surface area is 128 Å². The first-order valence-corrected chi connectivity index (χ1v) is 6.91. The largest absolute Gasteiger partial charge is 0.409 e. The molecule has 0 rings (SSSR count). The normalized spacial score (nSPS) is 13.9. The van der Waals surface area contributed by atoms with Crippen molar-refractivity contribution in [1.29, 1.82) is 0 Å². The Bertz CT molecular complexity index is 384. The van der Waals surface area contributed by atoms with Gasteiger partial charge in [0, 0.05) is 37.7 Å². The zero-order chi connectivity index (χ0) is 17.2. The van der Waals surface area contributed by atoms with Crippen molar-refractivity contribution in [2.45, 2.75) is 31.4 Å². The third kappa shape index (κ3) is 12.4. The molecule has 0 aromatic heterocycles. The van der Waals surface area contributed by atoms with E-state index < -0.39 is 12.1 Å². The van der Waals surface area contributed by atoms with Crippen molar-refractivity contribution in [2.24, 2.45) is 0 Å². The van der Waals surface area contributed by atoms with E-state index in [2.05, 4.69) is 11.9 Å². The van der Waals surface area contributed by atoms with Crippen LogP contribution < -0.4 is 5.32 Å². The van der Waals surface area contributed by atoms with Gasteiger partial charge in [-0.1, -0.05) is 12.7 Å². The molecule has 0 radical (unpaired) electrons. The van der Waals surface area contributed by atoms with Gasteiger partial charge >= 0.3 is 6.18 Å². The molecule has 0 atom stereocenters. The number of hydrogen-bond acceptors (Lipinski definition) is 2. The number of hydrogen-bond donors (Lipinski definition) is 1. The zero-order valence-electron chi connectivity index (χ0n) is 12.9. The van der Waals surface area contributed by atoms with Crippen LogP contribution in [-0.4, -0.2) is 44.2 Å². The minimum atomic E-state index is -4.42. The van der Waals surface area contributed by atoms with Gasteiger partial charge < -0.3 is 10.2 Å².